The van der Waals surface area contributed by atoms with Crippen LogP contribution < -0.4 is 10.6 Å². The number of nitrogens with two attached hydrogens (primary N) is 1. The van der Waals surface area contributed by atoms with Crippen LogP contribution in [0.25, 0.3) is 0 Å². The molecule has 0 bridgehead atoms. The summed E-state index contributed by atoms with van der Waals surface area (Å²) in [6.07, 6.45) is 0. The van der Waals surface area contributed by atoms with E-state index >= 15 is 0 Å². The molecule has 0 fully saturated rings. The lowest BCUT2D eigenvalue weighted by Gasteiger charge is -2.24. The third-order valence-electron chi connectivity index (χ3n) is 3.15. The largest absolute Gasteiger partial charge is 0.344 e. The molecular formula is C16H17N3. The molecule has 2 aromatic rings. The van der Waals surface area contributed by atoms with Crippen LogP contribution in [-0.2, 0) is 0 Å². The van der Waals surface area contributed by atoms with Gasteiger partial charge in [0.1, 0.15) is 0 Å². The van der Waals surface area contributed by atoms with Gasteiger partial charge >= 0.3 is 0 Å². The maximum Gasteiger partial charge on any atom is 0.0992 e. The van der Waals surface area contributed by atoms with Crippen molar-refractivity contribution in [3.8, 4) is 6.07 Å². The Morgan fingerprint density at radius 1 is 1.16 bits per heavy atom. The highest BCUT2D eigenvalue weighted by Gasteiger charge is 2.11. The topological polar surface area (TPSA) is 53.0 Å². The molecule has 3 heteroatoms. The fourth-order valence-corrected chi connectivity index (χ4v) is 2.10. The number of rotatable bonds is 3. The van der Waals surface area contributed by atoms with E-state index in [9.17, 15) is 0 Å². The Balaban J connectivity index is 2.44. The average Bonchev–Trinajstić information content (AvgIpc) is 2.46. The molecule has 0 aromatic heterocycles. The van der Waals surface area contributed by atoms with Crippen LogP contribution in [0.3, 0.4) is 0 Å². The summed E-state index contributed by atoms with van der Waals surface area (Å²) >= 11 is 0. The molecule has 0 aliphatic heterocycles. The van der Waals surface area contributed by atoms with E-state index in [1.807, 2.05) is 56.4 Å². The highest BCUT2D eigenvalue weighted by Crippen LogP contribution is 2.30. The molecule has 3 nitrogen and oxygen atoms in total. The van der Waals surface area contributed by atoms with Crippen molar-refractivity contribution in [3.05, 3.63) is 59.7 Å². The standard InChI is InChI=1S/C16H17N3/c1-12(18)15-8-3-4-9-16(15)19(2)14-7-5-6-13(10-14)11-17/h3-10,12H,18H2,1-2H3. The fraction of sp³-hybridized carbons (Fsp3) is 0.188. The molecule has 96 valence electrons. The van der Waals surface area contributed by atoms with Gasteiger partial charge in [0.05, 0.1) is 11.6 Å². The molecule has 19 heavy (non-hydrogen) atoms. The fourth-order valence-electron chi connectivity index (χ4n) is 2.10. The summed E-state index contributed by atoms with van der Waals surface area (Å²) in [4.78, 5) is 2.06. The van der Waals surface area contributed by atoms with E-state index in [0.29, 0.717) is 5.56 Å². The van der Waals surface area contributed by atoms with Gasteiger partial charge in [0.25, 0.3) is 0 Å². The molecular weight excluding hydrogens is 234 g/mol. The van der Waals surface area contributed by atoms with Crippen LogP contribution in [0, 0.1) is 11.3 Å². The molecule has 0 aliphatic rings. The number of anilines is 2. The van der Waals surface area contributed by atoms with Crippen LogP contribution in [0.5, 0.6) is 0 Å². The number of hydrogen-bond acceptors (Lipinski definition) is 3. The monoisotopic (exact) mass is 251 g/mol. The van der Waals surface area contributed by atoms with Gasteiger partial charge in [-0.05, 0) is 36.8 Å². The van der Waals surface area contributed by atoms with Gasteiger partial charge in [-0.25, -0.2) is 0 Å². The van der Waals surface area contributed by atoms with E-state index in [-0.39, 0.29) is 6.04 Å². The zero-order chi connectivity index (χ0) is 13.8. The Morgan fingerprint density at radius 2 is 1.89 bits per heavy atom. The van der Waals surface area contributed by atoms with Crippen molar-refractivity contribution < 1.29 is 0 Å². The molecule has 0 amide bonds. The van der Waals surface area contributed by atoms with Crippen LogP contribution in [0.2, 0.25) is 0 Å². The molecule has 0 aliphatic carbocycles. The Kier molecular flexibility index (Phi) is 3.84. The van der Waals surface area contributed by atoms with Gasteiger partial charge in [0.15, 0.2) is 0 Å². The Hall–Kier alpha value is -2.31. The van der Waals surface area contributed by atoms with Crippen LogP contribution >= 0.6 is 0 Å². The minimum absolute atomic E-state index is 0.0298. The lowest BCUT2D eigenvalue weighted by atomic mass is 10.1. The number of nitriles is 1. The number of hydrogen-bond donors (Lipinski definition) is 1. The predicted octanol–water partition coefficient (Wildman–Crippen LogP) is 3.35. The van der Waals surface area contributed by atoms with Crippen molar-refractivity contribution in [1.29, 1.82) is 5.26 Å². The van der Waals surface area contributed by atoms with Gasteiger partial charge in [0.2, 0.25) is 0 Å². The molecule has 0 spiro atoms. The van der Waals surface area contributed by atoms with Gasteiger partial charge in [-0.3, -0.25) is 0 Å². The molecule has 0 saturated carbocycles. The van der Waals surface area contributed by atoms with E-state index in [2.05, 4.69) is 11.0 Å². The van der Waals surface area contributed by atoms with Crippen molar-refractivity contribution in [1.82, 2.24) is 0 Å². The van der Waals surface area contributed by atoms with E-state index in [1.165, 1.54) is 0 Å². The maximum atomic E-state index is 8.97. The summed E-state index contributed by atoms with van der Waals surface area (Å²) < 4.78 is 0. The number of para-hydroxylation sites is 1. The molecule has 0 heterocycles. The van der Waals surface area contributed by atoms with Crippen molar-refractivity contribution in [2.75, 3.05) is 11.9 Å². The first-order chi connectivity index (χ1) is 9.13. The second-order valence-electron chi connectivity index (χ2n) is 4.57. The first-order valence-corrected chi connectivity index (χ1v) is 6.22. The van der Waals surface area contributed by atoms with Crippen LogP contribution in [0.1, 0.15) is 24.1 Å². The lowest BCUT2D eigenvalue weighted by molar-refractivity contribution is 0.815. The summed E-state index contributed by atoms with van der Waals surface area (Å²) in [7, 11) is 1.98. The van der Waals surface area contributed by atoms with Crippen LogP contribution in [-0.4, -0.2) is 7.05 Å². The summed E-state index contributed by atoms with van der Waals surface area (Å²) in [6, 6.07) is 17.7. The molecule has 2 N–H and O–H groups in total. The van der Waals surface area contributed by atoms with Crippen molar-refractivity contribution >= 4 is 11.4 Å². The van der Waals surface area contributed by atoms with E-state index in [1.54, 1.807) is 6.07 Å². The van der Waals surface area contributed by atoms with E-state index in [0.717, 1.165) is 16.9 Å². The van der Waals surface area contributed by atoms with Gasteiger partial charge < -0.3 is 10.6 Å². The van der Waals surface area contributed by atoms with E-state index in [4.69, 9.17) is 11.0 Å². The SMILES string of the molecule is CC(N)c1ccccc1N(C)c1cccc(C#N)c1. The van der Waals surface area contributed by atoms with Gasteiger partial charge in [-0.15, -0.1) is 0 Å². The first-order valence-electron chi connectivity index (χ1n) is 6.22. The summed E-state index contributed by atoms with van der Waals surface area (Å²) in [5, 5.41) is 8.97. The van der Waals surface area contributed by atoms with E-state index < -0.39 is 0 Å². The molecule has 2 aromatic carbocycles. The van der Waals surface area contributed by atoms with Crippen LogP contribution in [0.4, 0.5) is 11.4 Å². The summed E-state index contributed by atoms with van der Waals surface area (Å²) in [5.74, 6) is 0. The highest BCUT2D eigenvalue weighted by molar-refractivity contribution is 5.67. The van der Waals surface area contributed by atoms with Gasteiger partial charge in [0, 0.05) is 24.5 Å². The molecule has 0 radical (unpaired) electrons. The number of benzene rings is 2. The Morgan fingerprint density at radius 3 is 2.58 bits per heavy atom. The molecule has 2 rings (SSSR count). The van der Waals surface area contributed by atoms with Crippen molar-refractivity contribution in [2.45, 2.75) is 13.0 Å². The lowest BCUT2D eigenvalue weighted by Crippen LogP contribution is -2.15. The predicted molar refractivity (Wildman–Crippen MR) is 78.3 cm³/mol. The van der Waals surface area contributed by atoms with Gasteiger partial charge in [-0.1, -0.05) is 24.3 Å². The second-order valence-corrected chi connectivity index (χ2v) is 4.57. The smallest absolute Gasteiger partial charge is 0.0992 e. The number of nitrogens with zero attached hydrogens (tertiary/aromatic N) is 2. The molecule has 1 unspecified atom stereocenters. The normalized spacial score (nSPS) is 11.7. The van der Waals surface area contributed by atoms with Crippen LogP contribution in [0.15, 0.2) is 48.5 Å². The van der Waals surface area contributed by atoms with Crippen molar-refractivity contribution in [2.24, 2.45) is 5.73 Å². The van der Waals surface area contributed by atoms with Crippen molar-refractivity contribution in [3.63, 3.8) is 0 Å². The summed E-state index contributed by atoms with van der Waals surface area (Å²) in [5.41, 5.74) is 9.79. The third kappa shape index (κ3) is 2.75. The quantitative estimate of drug-likeness (QED) is 0.910. The Labute approximate surface area is 113 Å². The van der Waals surface area contributed by atoms with Gasteiger partial charge in [-0.2, -0.15) is 5.26 Å². The zero-order valence-corrected chi connectivity index (χ0v) is 11.2. The minimum Gasteiger partial charge on any atom is -0.344 e. The Bertz CT molecular complexity index is 611. The maximum absolute atomic E-state index is 8.97. The average molecular weight is 251 g/mol. The first kappa shape index (κ1) is 13.1. The molecule has 1 atom stereocenters. The molecule has 0 saturated heterocycles. The summed E-state index contributed by atoms with van der Waals surface area (Å²) in [6.45, 7) is 1.97. The third-order valence-corrected chi connectivity index (χ3v) is 3.15. The minimum atomic E-state index is -0.0298. The second kappa shape index (κ2) is 5.55. The highest BCUT2D eigenvalue weighted by atomic mass is 15.1. The zero-order valence-electron chi connectivity index (χ0n) is 11.2.